The van der Waals surface area contributed by atoms with E-state index in [1.54, 1.807) is 12.1 Å². The minimum atomic E-state index is -0.606. The molecule has 6 heteroatoms. The predicted octanol–water partition coefficient (Wildman–Crippen LogP) is 2.18. The Morgan fingerprint density at radius 2 is 1.67 bits per heavy atom. The Morgan fingerprint density at radius 1 is 0.958 bits per heavy atom. The maximum absolute atomic E-state index is 12.0. The van der Waals surface area contributed by atoms with Crippen LogP contribution < -0.4 is 14.8 Å². The highest BCUT2D eigenvalue weighted by molar-refractivity contribution is 5.92. The highest BCUT2D eigenvalue weighted by Crippen LogP contribution is 2.27. The number of methoxy groups -OCH3 is 2. The van der Waals surface area contributed by atoms with E-state index in [9.17, 15) is 9.59 Å². The summed E-state index contributed by atoms with van der Waals surface area (Å²) in [4.78, 5) is 23.7. The van der Waals surface area contributed by atoms with Gasteiger partial charge in [0.15, 0.2) is 18.1 Å². The number of esters is 1. The molecular weight excluding hydrogens is 310 g/mol. The topological polar surface area (TPSA) is 73.9 Å². The largest absolute Gasteiger partial charge is 0.493 e. The molecule has 6 nitrogen and oxygen atoms in total. The Hall–Kier alpha value is -3.02. The second-order valence-electron chi connectivity index (χ2n) is 4.91. The quantitative estimate of drug-likeness (QED) is 0.788. The molecule has 0 fully saturated rings. The molecule has 0 aliphatic carbocycles. The van der Waals surface area contributed by atoms with Crippen molar-refractivity contribution >= 4 is 11.9 Å². The first-order valence-corrected chi connectivity index (χ1v) is 7.34. The molecule has 0 radical (unpaired) electrons. The lowest BCUT2D eigenvalue weighted by Gasteiger charge is -2.10. The highest BCUT2D eigenvalue weighted by atomic mass is 16.5. The van der Waals surface area contributed by atoms with Crippen LogP contribution >= 0.6 is 0 Å². The number of benzene rings is 2. The fourth-order valence-electron chi connectivity index (χ4n) is 2.03. The zero-order chi connectivity index (χ0) is 17.4. The third kappa shape index (κ3) is 4.74. The van der Waals surface area contributed by atoms with Crippen molar-refractivity contribution in [1.29, 1.82) is 0 Å². The zero-order valence-corrected chi connectivity index (χ0v) is 13.6. The molecule has 0 bridgehead atoms. The third-order valence-corrected chi connectivity index (χ3v) is 3.29. The zero-order valence-electron chi connectivity index (χ0n) is 13.6. The molecular formula is C18H19NO5. The molecule has 126 valence electrons. The van der Waals surface area contributed by atoms with Crippen molar-refractivity contribution < 1.29 is 23.8 Å². The van der Waals surface area contributed by atoms with Gasteiger partial charge in [-0.25, -0.2) is 4.79 Å². The SMILES string of the molecule is COc1ccc(C(=O)OCC(=O)NCc2ccccc2)cc1OC. The van der Waals surface area contributed by atoms with E-state index in [2.05, 4.69) is 5.32 Å². The van der Waals surface area contributed by atoms with Crippen LogP contribution in [0.25, 0.3) is 0 Å². The summed E-state index contributed by atoms with van der Waals surface area (Å²) >= 11 is 0. The molecule has 0 saturated carbocycles. The monoisotopic (exact) mass is 329 g/mol. The van der Waals surface area contributed by atoms with Gasteiger partial charge in [0.2, 0.25) is 0 Å². The van der Waals surface area contributed by atoms with Crippen molar-refractivity contribution in [3.63, 3.8) is 0 Å². The maximum atomic E-state index is 12.0. The van der Waals surface area contributed by atoms with Crippen LogP contribution in [0.2, 0.25) is 0 Å². The van der Waals surface area contributed by atoms with Crippen molar-refractivity contribution in [2.75, 3.05) is 20.8 Å². The molecule has 0 saturated heterocycles. The van der Waals surface area contributed by atoms with Gasteiger partial charge in [0.1, 0.15) is 0 Å². The Morgan fingerprint density at radius 3 is 2.33 bits per heavy atom. The van der Waals surface area contributed by atoms with Gasteiger partial charge in [-0.05, 0) is 23.8 Å². The number of carbonyl (C=O) groups excluding carboxylic acids is 2. The molecule has 0 unspecified atom stereocenters. The van der Waals surface area contributed by atoms with Gasteiger partial charge >= 0.3 is 5.97 Å². The number of hydrogen-bond donors (Lipinski definition) is 1. The van der Waals surface area contributed by atoms with E-state index in [0.717, 1.165) is 5.56 Å². The van der Waals surface area contributed by atoms with Gasteiger partial charge in [-0.1, -0.05) is 30.3 Å². The first-order valence-electron chi connectivity index (χ1n) is 7.34. The fraction of sp³-hybridized carbons (Fsp3) is 0.222. The van der Waals surface area contributed by atoms with E-state index < -0.39 is 5.97 Å². The molecule has 0 aliphatic heterocycles. The highest BCUT2D eigenvalue weighted by Gasteiger charge is 2.13. The van der Waals surface area contributed by atoms with Crippen LogP contribution in [0.4, 0.5) is 0 Å². The molecule has 1 amide bonds. The van der Waals surface area contributed by atoms with Crippen LogP contribution in [0, 0.1) is 0 Å². The molecule has 2 rings (SSSR count). The number of nitrogens with one attached hydrogen (secondary N) is 1. The van der Waals surface area contributed by atoms with Crippen LogP contribution in [0.3, 0.4) is 0 Å². The Labute approximate surface area is 140 Å². The van der Waals surface area contributed by atoms with E-state index in [4.69, 9.17) is 14.2 Å². The fourth-order valence-corrected chi connectivity index (χ4v) is 2.03. The van der Waals surface area contributed by atoms with E-state index in [1.807, 2.05) is 30.3 Å². The average molecular weight is 329 g/mol. The standard InChI is InChI=1S/C18H19NO5/c1-22-15-9-8-14(10-16(15)23-2)18(21)24-12-17(20)19-11-13-6-4-3-5-7-13/h3-10H,11-12H2,1-2H3,(H,19,20). The minimum Gasteiger partial charge on any atom is -0.493 e. The molecule has 24 heavy (non-hydrogen) atoms. The number of rotatable bonds is 7. The van der Waals surface area contributed by atoms with Crippen LogP contribution in [0.15, 0.2) is 48.5 Å². The summed E-state index contributed by atoms with van der Waals surface area (Å²) in [7, 11) is 2.98. The Kier molecular flexibility index (Phi) is 6.19. The lowest BCUT2D eigenvalue weighted by Crippen LogP contribution is -2.28. The van der Waals surface area contributed by atoms with Gasteiger partial charge in [-0.2, -0.15) is 0 Å². The molecule has 1 N–H and O–H groups in total. The summed E-state index contributed by atoms with van der Waals surface area (Å²) in [5.74, 6) is -0.0476. The Bertz CT molecular complexity index is 700. The normalized spacial score (nSPS) is 9.92. The number of amides is 1. The number of carbonyl (C=O) groups is 2. The second-order valence-corrected chi connectivity index (χ2v) is 4.91. The third-order valence-electron chi connectivity index (χ3n) is 3.29. The predicted molar refractivity (Wildman–Crippen MR) is 88.1 cm³/mol. The average Bonchev–Trinajstić information content (AvgIpc) is 2.64. The summed E-state index contributed by atoms with van der Waals surface area (Å²) in [6.07, 6.45) is 0. The van der Waals surface area contributed by atoms with Gasteiger partial charge in [-0.3, -0.25) is 4.79 Å². The van der Waals surface area contributed by atoms with Crippen molar-refractivity contribution in [3.05, 3.63) is 59.7 Å². The molecule has 0 aliphatic rings. The van der Waals surface area contributed by atoms with Crippen molar-refractivity contribution in [3.8, 4) is 11.5 Å². The van der Waals surface area contributed by atoms with Gasteiger partial charge in [0.25, 0.3) is 5.91 Å². The second kappa shape index (κ2) is 8.57. The van der Waals surface area contributed by atoms with Crippen molar-refractivity contribution in [2.24, 2.45) is 0 Å². The molecule has 2 aromatic carbocycles. The van der Waals surface area contributed by atoms with Gasteiger partial charge in [0.05, 0.1) is 19.8 Å². The van der Waals surface area contributed by atoms with Crippen LogP contribution in [-0.2, 0) is 16.1 Å². The van der Waals surface area contributed by atoms with E-state index >= 15 is 0 Å². The molecule has 0 heterocycles. The first-order chi connectivity index (χ1) is 11.6. The smallest absolute Gasteiger partial charge is 0.338 e. The van der Waals surface area contributed by atoms with Crippen LogP contribution in [0.1, 0.15) is 15.9 Å². The van der Waals surface area contributed by atoms with E-state index in [-0.39, 0.29) is 18.1 Å². The summed E-state index contributed by atoms with van der Waals surface area (Å²) in [5.41, 5.74) is 1.25. The van der Waals surface area contributed by atoms with Crippen LogP contribution in [0.5, 0.6) is 11.5 Å². The first kappa shape index (κ1) is 17.3. The van der Waals surface area contributed by atoms with Gasteiger partial charge in [-0.15, -0.1) is 0 Å². The Balaban J connectivity index is 1.85. The van der Waals surface area contributed by atoms with Crippen LogP contribution in [-0.4, -0.2) is 32.7 Å². The van der Waals surface area contributed by atoms with E-state index in [0.29, 0.717) is 18.0 Å². The number of hydrogen-bond acceptors (Lipinski definition) is 5. The van der Waals surface area contributed by atoms with Crippen molar-refractivity contribution in [2.45, 2.75) is 6.54 Å². The van der Waals surface area contributed by atoms with Gasteiger partial charge in [0, 0.05) is 6.54 Å². The maximum Gasteiger partial charge on any atom is 0.338 e. The lowest BCUT2D eigenvalue weighted by atomic mass is 10.2. The summed E-state index contributed by atoms with van der Waals surface area (Å²) in [6.45, 7) is 0.0353. The summed E-state index contributed by atoms with van der Waals surface area (Å²) in [6, 6.07) is 14.1. The summed E-state index contributed by atoms with van der Waals surface area (Å²) < 4.78 is 15.2. The molecule has 2 aromatic rings. The van der Waals surface area contributed by atoms with Gasteiger partial charge < -0.3 is 19.5 Å². The molecule has 0 atom stereocenters. The number of ether oxygens (including phenoxy) is 3. The summed E-state index contributed by atoms with van der Waals surface area (Å²) in [5, 5.41) is 2.69. The van der Waals surface area contributed by atoms with Crippen molar-refractivity contribution in [1.82, 2.24) is 5.32 Å². The lowest BCUT2D eigenvalue weighted by molar-refractivity contribution is -0.124. The molecule has 0 aromatic heterocycles. The minimum absolute atomic E-state index is 0.281. The van der Waals surface area contributed by atoms with E-state index in [1.165, 1.54) is 20.3 Å². The molecule has 0 spiro atoms.